The van der Waals surface area contributed by atoms with Crippen LogP contribution in [0.15, 0.2) is 140 Å². The Morgan fingerprint density at radius 1 is 0.583 bits per heavy atom. The average molecular weight is 623 g/mol. The minimum Gasteiger partial charge on any atom is -0.349 e. The lowest BCUT2D eigenvalue weighted by molar-refractivity contribution is 0.324. The van der Waals surface area contributed by atoms with E-state index in [4.69, 9.17) is 16.5 Å². The van der Waals surface area contributed by atoms with Gasteiger partial charge in [-0.05, 0) is 60.0 Å². The Labute approximate surface area is 280 Å². The SMILES string of the molecule is C=C1c2ccccc2N2c3nc(-c4ccccc4C)ncc3N(C)C2C2C1c1ccccc1N1c3ccccc3N(c3ccccc3)C21. The Morgan fingerprint density at radius 3 is 1.98 bits per heavy atom. The molecule has 0 aliphatic carbocycles. The topological polar surface area (TPSA) is 38.7 Å². The number of fused-ring (bicyclic) bond motifs is 14. The fourth-order valence-corrected chi connectivity index (χ4v) is 8.86. The van der Waals surface area contributed by atoms with Crippen LogP contribution >= 0.6 is 0 Å². The normalized spacial score (nSPS) is 21.4. The van der Waals surface area contributed by atoms with Gasteiger partial charge in [-0.2, -0.15) is 0 Å². The molecule has 6 heteroatoms. The molecule has 4 atom stereocenters. The lowest BCUT2D eigenvalue weighted by Crippen LogP contribution is -2.59. The second-order valence-corrected chi connectivity index (χ2v) is 13.2. The Bertz CT molecular complexity index is 2260. The van der Waals surface area contributed by atoms with Crippen molar-refractivity contribution >= 4 is 45.5 Å². The van der Waals surface area contributed by atoms with E-state index in [9.17, 15) is 0 Å². The van der Waals surface area contributed by atoms with Gasteiger partial charge in [0.15, 0.2) is 11.6 Å². The Balaban J connectivity index is 1.26. The highest BCUT2D eigenvalue weighted by Gasteiger charge is 2.58. The van der Waals surface area contributed by atoms with Gasteiger partial charge in [0.05, 0.1) is 23.3 Å². The van der Waals surface area contributed by atoms with E-state index < -0.39 is 0 Å². The number of hydrogen-bond acceptors (Lipinski definition) is 6. The molecule has 0 N–H and O–H groups in total. The Kier molecular flexibility index (Phi) is 5.71. The number of rotatable bonds is 2. The van der Waals surface area contributed by atoms with Crippen molar-refractivity contribution in [3.63, 3.8) is 0 Å². The molecule has 0 saturated heterocycles. The van der Waals surface area contributed by atoms with Crippen LogP contribution in [0.2, 0.25) is 0 Å². The van der Waals surface area contributed by atoms with E-state index in [1.165, 1.54) is 28.3 Å². The first-order valence-electron chi connectivity index (χ1n) is 16.7. The monoisotopic (exact) mass is 622 g/mol. The lowest BCUT2D eigenvalue weighted by atomic mass is 9.72. The van der Waals surface area contributed by atoms with Crippen molar-refractivity contribution < 1.29 is 0 Å². The Hall–Kier alpha value is -5.88. The molecule has 0 spiro atoms. The summed E-state index contributed by atoms with van der Waals surface area (Å²) in [6, 6.07) is 45.8. The van der Waals surface area contributed by atoms with Crippen LogP contribution in [0.5, 0.6) is 0 Å². The van der Waals surface area contributed by atoms with E-state index in [-0.39, 0.29) is 24.2 Å². The van der Waals surface area contributed by atoms with E-state index in [1.807, 2.05) is 6.20 Å². The van der Waals surface area contributed by atoms with Crippen LogP contribution in [0, 0.1) is 12.8 Å². The largest absolute Gasteiger partial charge is 0.349 e. The van der Waals surface area contributed by atoms with E-state index in [1.54, 1.807) is 0 Å². The number of anilines is 7. The molecule has 4 aliphatic rings. The highest BCUT2D eigenvalue weighted by atomic mass is 15.5. The van der Waals surface area contributed by atoms with Gasteiger partial charge >= 0.3 is 0 Å². The van der Waals surface area contributed by atoms with Crippen molar-refractivity contribution in [3.05, 3.63) is 157 Å². The summed E-state index contributed by atoms with van der Waals surface area (Å²) < 4.78 is 0. The number of aryl methyl sites for hydroxylation is 1. The number of nitrogens with zero attached hydrogens (tertiary/aromatic N) is 6. The van der Waals surface area contributed by atoms with Gasteiger partial charge in [0.25, 0.3) is 0 Å². The molecule has 48 heavy (non-hydrogen) atoms. The van der Waals surface area contributed by atoms with Crippen molar-refractivity contribution in [2.45, 2.75) is 25.2 Å². The molecular weight excluding hydrogens is 589 g/mol. The minimum absolute atomic E-state index is 0.0381. The maximum Gasteiger partial charge on any atom is 0.162 e. The molecule has 0 bridgehead atoms. The van der Waals surface area contributed by atoms with Gasteiger partial charge in [-0.3, -0.25) is 0 Å². The molecule has 5 heterocycles. The maximum atomic E-state index is 5.39. The molecule has 0 fully saturated rings. The van der Waals surface area contributed by atoms with E-state index >= 15 is 0 Å². The number of para-hydroxylation sites is 5. The summed E-state index contributed by atoms with van der Waals surface area (Å²) in [5.74, 6) is 1.77. The highest BCUT2D eigenvalue weighted by Crippen LogP contribution is 2.63. The van der Waals surface area contributed by atoms with Gasteiger partial charge in [-0.1, -0.05) is 97.6 Å². The van der Waals surface area contributed by atoms with E-state index in [0.29, 0.717) is 0 Å². The molecule has 0 radical (unpaired) electrons. The molecule has 4 aliphatic heterocycles. The predicted octanol–water partition coefficient (Wildman–Crippen LogP) is 9.42. The molecule has 10 rings (SSSR count). The van der Waals surface area contributed by atoms with Crippen LogP contribution in [0.4, 0.5) is 39.9 Å². The van der Waals surface area contributed by atoms with Crippen molar-refractivity contribution in [1.82, 2.24) is 9.97 Å². The van der Waals surface area contributed by atoms with Crippen molar-refractivity contribution in [1.29, 1.82) is 0 Å². The van der Waals surface area contributed by atoms with Crippen LogP contribution in [0.25, 0.3) is 17.0 Å². The molecule has 4 unspecified atom stereocenters. The van der Waals surface area contributed by atoms with Crippen LogP contribution < -0.4 is 19.6 Å². The second kappa shape index (κ2) is 10.1. The van der Waals surface area contributed by atoms with E-state index in [2.05, 4.69) is 161 Å². The standard InChI is InChI=1S/C42H34N6/c1-26-15-7-8-18-29(26)39-43-25-36-40(44-39)48-32-21-11-9-19-30(32)27(2)37-31-20-10-12-22-33(31)47-35-24-14-13-23-34(35)46(28-16-5-4-6-17-28)42(47)38(37)41(48)45(36)3/h4-25,37-38,41-42H,2H2,1,3H3. The van der Waals surface area contributed by atoms with Crippen LogP contribution in [0.1, 0.15) is 22.6 Å². The third-order valence-corrected chi connectivity index (χ3v) is 10.9. The molecular formula is C42H34N6. The predicted molar refractivity (Wildman–Crippen MR) is 196 cm³/mol. The lowest BCUT2D eigenvalue weighted by Gasteiger charge is -2.50. The first-order chi connectivity index (χ1) is 23.6. The number of benzene rings is 5. The molecule has 5 aromatic carbocycles. The van der Waals surface area contributed by atoms with E-state index in [0.717, 1.165) is 45.3 Å². The summed E-state index contributed by atoms with van der Waals surface area (Å²) in [5, 5.41) is 0. The maximum absolute atomic E-state index is 5.39. The molecule has 232 valence electrons. The molecule has 0 amide bonds. The fourth-order valence-electron chi connectivity index (χ4n) is 8.86. The molecule has 0 saturated carbocycles. The summed E-state index contributed by atoms with van der Waals surface area (Å²) >= 11 is 0. The minimum atomic E-state index is -0.0757. The van der Waals surface area contributed by atoms with Crippen LogP contribution in [-0.2, 0) is 0 Å². The molecule has 6 aromatic rings. The van der Waals surface area contributed by atoms with Gasteiger partial charge in [0.1, 0.15) is 18.0 Å². The summed E-state index contributed by atoms with van der Waals surface area (Å²) in [5.41, 5.74) is 12.8. The summed E-state index contributed by atoms with van der Waals surface area (Å²) in [6.45, 7) is 7.06. The average Bonchev–Trinajstić information content (AvgIpc) is 3.59. The summed E-state index contributed by atoms with van der Waals surface area (Å²) in [4.78, 5) is 20.4. The van der Waals surface area contributed by atoms with Gasteiger partial charge in [0, 0.05) is 41.4 Å². The van der Waals surface area contributed by atoms with Gasteiger partial charge in [0.2, 0.25) is 0 Å². The fraction of sp³-hybridized carbons (Fsp3) is 0.143. The summed E-state index contributed by atoms with van der Waals surface area (Å²) in [6.07, 6.45) is 1.91. The van der Waals surface area contributed by atoms with Crippen molar-refractivity contribution in [2.75, 3.05) is 26.6 Å². The second-order valence-electron chi connectivity index (χ2n) is 13.2. The van der Waals surface area contributed by atoms with Crippen molar-refractivity contribution in [3.8, 4) is 11.4 Å². The number of aromatic nitrogens is 2. The van der Waals surface area contributed by atoms with Crippen LogP contribution in [-0.4, -0.2) is 29.3 Å². The molecule has 6 nitrogen and oxygen atoms in total. The molecule has 1 aromatic heterocycles. The third-order valence-electron chi connectivity index (χ3n) is 10.9. The smallest absolute Gasteiger partial charge is 0.162 e. The zero-order valence-corrected chi connectivity index (χ0v) is 26.9. The number of hydrogen-bond donors (Lipinski definition) is 0. The van der Waals surface area contributed by atoms with Gasteiger partial charge in [-0.25, -0.2) is 9.97 Å². The quantitative estimate of drug-likeness (QED) is 0.192. The van der Waals surface area contributed by atoms with Gasteiger partial charge in [-0.15, -0.1) is 0 Å². The third kappa shape index (κ3) is 3.57. The zero-order valence-electron chi connectivity index (χ0n) is 26.9. The zero-order chi connectivity index (χ0) is 32.1. The summed E-state index contributed by atoms with van der Waals surface area (Å²) in [7, 11) is 2.22. The van der Waals surface area contributed by atoms with Crippen LogP contribution in [0.3, 0.4) is 0 Å². The first kappa shape index (κ1) is 27.3. The first-order valence-corrected chi connectivity index (χ1v) is 16.7. The van der Waals surface area contributed by atoms with Crippen molar-refractivity contribution in [2.24, 2.45) is 5.92 Å². The Morgan fingerprint density at radius 2 is 1.21 bits per heavy atom. The number of allylic oxidation sites excluding steroid dienone is 1. The van der Waals surface area contributed by atoms with Gasteiger partial charge < -0.3 is 19.6 Å². The highest BCUT2D eigenvalue weighted by molar-refractivity contribution is 5.96.